The number of amides is 2. The van der Waals surface area contributed by atoms with Gasteiger partial charge in [-0.15, -0.1) is 0 Å². The minimum Gasteiger partial charge on any atom is -0.493 e. The van der Waals surface area contributed by atoms with Crippen LogP contribution < -0.4 is 9.47 Å². The third kappa shape index (κ3) is 4.84. The summed E-state index contributed by atoms with van der Waals surface area (Å²) < 4.78 is 11.8. The summed E-state index contributed by atoms with van der Waals surface area (Å²) in [5, 5.41) is 10.7. The van der Waals surface area contributed by atoms with Crippen molar-refractivity contribution in [1.82, 2.24) is 9.80 Å². The van der Waals surface area contributed by atoms with Crippen molar-refractivity contribution in [2.24, 2.45) is 5.41 Å². The first-order valence-corrected chi connectivity index (χ1v) is 12.4. The van der Waals surface area contributed by atoms with Crippen molar-refractivity contribution in [3.63, 3.8) is 0 Å². The first kappa shape index (κ1) is 23.9. The predicted octanol–water partition coefficient (Wildman–Crippen LogP) is 3.34. The Labute approximate surface area is 197 Å². The fraction of sp³-hybridized carbons (Fsp3) is 0.692. The molecule has 0 aromatic heterocycles. The molecule has 0 radical (unpaired) electrons. The molecule has 182 valence electrons. The molecule has 3 fully saturated rings. The Bertz CT molecular complexity index is 860. The Hall–Kier alpha value is -2.28. The minimum absolute atomic E-state index is 0.118. The highest BCUT2D eigenvalue weighted by Gasteiger charge is 2.49. The molecule has 2 aliphatic heterocycles. The number of aliphatic hydroxyl groups excluding tert-OH is 1. The number of rotatable bonds is 5. The number of methoxy groups -OCH3 is 1. The molecule has 1 aromatic carbocycles. The van der Waals surface area contributed by atoms with Crippen LogP contribution in [-0.4, -0.2) is 72.2 Å². The van der Waals surface area contributed by atoms with Crippen molar-refractivity contribution in [3.8, 4) is 11.5 Å². The third-order valence-electron chi connectivity index (χ3n) is 7.98. The number of carbonyl (C=O) groups is 2. The number of likely N-dealkylation sites (tertiary alicyclic amines) is 2. The summed E-state index contributed by atoms with van der Waals surface area (Å²) in [6, 6.07) is 5.90. The highest BCUT2D eigenvalue weighted by molar-refractivity contribution is 6.35. The number of carbonyl (C=O) groups excluding carboxylic acids is 2. The van der Waals surface area contributed by atoms with E-state index in [1.54, 1.807) is 23.8 Å². The minimum atomic E-state index is -0.647. The lowest BCUT2D eigenvalue weighted by molar-refractivity contribution is -0.152. The molecule has 0 spiro atoms. The average Bonchev–Trinajstić information content (AvgIpc) is 3.47. The summed E-state index contributed by atoms with van der Waals surface area (Å²) in [5.74, 6) is 0.414. The molecule has 2 saturated heterocycles. The summed E-state index contributed by atoms with van der Waals surface area (Å²) >= 11 is 0. The van der Waals surface area contributed by atoms with Crippen LogP contribution >= 0.6 is 0 Å². The Kier molecular flexibility index (Phi) is 7.17. The van der Waals surface area contributed by atoms with Crippen LogP contribution in [0.5, 0.6) is 11.5 Å². The van der Waals surface area contributed by atoms with Crippen LogP contribution in [0.25, 0.3) is 0 Å². The fourth-order valence-corrected chi connectivity index (χ4v) is 5.63. The number of nitrogens with zero attached hydrogens (tertiary/aromatic N) is 2. The predicted molar refractivity (Wildman–Crippen MR) is 125 cm³/mol. The fourth-order valence-electron chi connectivity index (χ4n) is 5.63. The summed E-state index contributed by atoms with van der Waals surface area (Å²) in [5.41, 5.74) is 0.421. The van der Waals surface area contributed by atoms with Crippen molar-refractivity contribution in [1.29, 1.82) is 0 Å². The first-order valence-electron chi connectivity index (χ1n) is 12.4. The number of aliphatic hydroxyl groups is 1. The van der Waals surface area contributed by atoms with Gasteiger partial charge in [-0.05, 0) is 69.6 Å². The Morgan fingerprint density at radius 2 is 1.70 bits per heavy atom. The molecule has 4 rings (SSSR count). The van der Waals surface area contributed by atoms with Crippen molar-refractivity contribution in [3.05, 3.63) is 23.8 Å². The molecule has 7 heteroatoms. The third-order valence-corrected chi connectivity index (χ3v) is 7.98. The van der Waals surface area contributed by atoms with Gasteiger partial charge in [-0.3, -0.25) is 9.59 Å². The van der Waals surface area contributed by atoms with Gasteiger partial charge in [-0.1, -0.05) is 13.0 Å². The molecular weight excluding hydrogens is 420 g/mol. The van der Waals surface area contributed by atoms with Crippen LogP contribution in [0.1, 0.15) is 70.3 Å². The average molecular weight is 459 g/mol. The maximum absolute atomic E-state index is 13.1. The van der Waals surface area contributed by atoms with E-state index in [1.165, 1.54) is 12.8 Å². The second-order valence-electron chi connectivity index (χ2n) is 10.2. The quantitative estimate of drug-likeness (QED) is 0.685. The van der Waals surface area contributed by atoms with Gasteiger partial charge in [0.1, 0.15) is 0 Å². The summed E-state index contributed by atoms with van der Waals surface area (Å²) in [4.78, 5) is 29.3. The zero-order chi connectivity index (χ0) is 23.6. The number of benzene rings is 1. The van der Waals surface area contributed by atoms with Crippen LogP contribution in [-0.2, 0) is 9.59 Å². The van der Waals surface area contributed by atoms with Crippen molar-refractivity contribution >= 4 is 11.8 Å². The second-order valence-corrected chi connectivity index (χ2v) is 10.2. The molecule has 0 bridgehead atoms. The van der Waals surface area contributed by atoms with Gasteiger partial charge < -0.3 is 24.4 Å². The van der Waals surface area contributed by atoms with Gasteiger partial charge in [0.05, 0.1) is 19.3 Å². The van der Waals surface area contributed by atoms with Crippen LogP contribution in [0.15, 0.2) is 18.2 Å². The van der Waals surface area contributed by atoms with E-state index in [0.717, 1.165) is 37.7 Å². The SMILES string of the molecule is COc1ccc([C@@H]2CN(C(=O)C(=O)N3CCCCC3)C[C@@]2(C)[C@@H](C)O)cc1OC1CCCC1. The van der Waals surface area contributed by atoms with E-state index >= 15 is 0 Å². The van der Waals surface area contributed by atoms with E-state index in [1.807, 2.05) is 25.1 Å². The van der Waals surface area contributed by atoms with E-state index in [-0.39, 0.29) is 12.0 Å². The number of ether oxygens (including phenoxy) is 2. The standard InChI is InChI=1S/C26H38N2O5/c1-18(29)26(2)17-28(25(31)24(30)27-13-7-4-8-14-27)16-21(26)19-11-12-22(32-3)23(15-19)33-20-9-5-6-10-20/h11-12,15,18,20-21,29H,4-10,13-14,16-17H2,1-3H3/t18-,21+,26+/m1/s1. The Morgan fingerprint density at radius 3 is 2.33 bits per heavy atom. The highest BCUT2D eigenvalue weighted by atomic mass is 16.5. The highest BCUT2D eigenvalue weighted by Crippen LogP contribution is 2.47. The molecular formula is C26H38N2O5. The maximum Gasteiger partial charge on any atom is 0.312 e. The molecule has 1 saturated carbocycles. The van der Waals surface area contributed by atoms with Gasteiger partial charge in [0.25, 0.3) is 0 Å². The molecule has 33 heavy (non-hydrogen) atoms. The summed E-state index contributed by atoms with van der Waals surface area (Å²) in [6.45, 7) is 5.81. The molecule has 3 aliphatic rings. The smallest absolute Gasteiger partial charge is 0.312 e. The number of hydrogen-bond acceptors (Lipinski definition) is 5. The summed E-state index contributed by atoms with van der Waals surface area (Å²) in [6.07, 6.45) is 6.99. The monoisotopic (exact) mass is 458 g/mol. The van der Waals surface area contributed by atoms with Crippen molar-refractivity contribution in [2.75, 3.05) is 33.3 Å². The zero-order valence-corrected chi connectivity index (χ0v) is 20.2. The Morgan fingerprint density at radius 1 is 1.03 bits per heavy atom. The zero-order valence-electron chi connectivity index (χ0n) is 20.2. The van der Waals surface area contributed by atoms with E-state index in [9.17, 15) is 14.7 Å². The molecule has 1 aromatic rings. The van der Waals surface area contributed by atoms with E-state index in [2.05, 4.69) is 0 Å². The van der Waals surface area contributed by atoms with Crippen LogP contribution in [0, 0.1) is 5.41 Å². The largest absolute Gasteiger partial charge is 0.493 e. The van der Waals surface area contributed by atoms with Crippen molar-refractivity contribution < 1.29 is 24.2 Å². The van der Waals surface area contributed by atoms with Gasteiger partial charge in [-0.25, -0.2) is 0 Å². The molecule has 0 unspecified atom stereocenters. The van der Waals surface area contributed by atoms with E-state index < -0.39 is 23.3 Å². The molecule has 7 nitrogen and oxygen atoms in total. The number of hydrogen-bond donors (Lipinski definition) is 1. The van der Waals surface area contributed by atoms with Crippen LogP contribution in [0.2, 0.25) is 0 Å². The molecule has 1 aliphatic carbocycles. The lowest BCUT2D eigenvalue weighted by Crippen LogP contribution is -2.47. The Balaban J connectivity index is 1.57. The molecule has 3 atom stereocenters. The van der Waals surface area contributed by atoms with Gasteiger partial charge in [0.15, 0.2) is 11.5 Å². The van der Waals surface area contributed by atoms with Crippen molar-refractivity contribution in [2.45, 2.75) is 76.9 Å². The van der Waals surface area contributed by atoms with E-state index in [4.69, 9.17) is 9.47 Å². The lowest BCUT2D eigenvalue weighted by atomic mass is 9.72. The first-order chi connectivity index (χ1) is 15.8. The lowest BCUT2D eigenvalue weighted by Gasteiger charge is -2.34. The maximum atomic E-state index is 13.1. The topological polar surface area (TPSA) is 79.3 Å². The van der Waals surface area contributed by atoms with Gasteiger partial charge >= 0.3 is 11.8 Å². The summed E-state index contributed by atoms with van der Waals surface area (Å²) in [7, 11) is 1.64. The van der Waals surface area contributed by atoms with E-state index in [0.29, 0.717) is 37.7 Å². The van der Waals surface area contributed by atoms with Gasteiger partial charge in [-0.2, -0.15) is 0 Å². The van der Waals surface area contributed by atoms with Crippen LogP contribution in [0.4, 0.5) is 0 Å². The molecule has 2 heterocycles. The van der Waals surface area contributed by atoms with Gasteiger partial charge in [0, 0.05) is 37.5 Å². The second kappa shape index (κ2) is 9.92. The van der Waals surface area contributed by atoms with Crippen LogP contribution in [0.3, 0.4) is 0 Å². The van der Waals surface area contributed by atoms with Gasteiger partial charge in [0.2, 0.25) is 0 Å². The molecule has 1 N–H and O–H groups in total. The number of piperidine rings is 1. The normalized spacial score (nSPS) is 27.0. The molecule has 2 amide bonds.